The fourth-order valence-electron chi connectivity index (χ4n) is 2.21. The molecule has 0 aromatic carbocycles. The van der Waals surface area contributed by atoms with Gasteiger partial charge in [0.2, 0.25) is 0 Å². The Morgan fingerprint density at radius 2 is 1.36 bits per heavy atom. The number of nitrogens with zero attached hydrogens (tertiary/aromatic N) is 2. The van der Waals surface area contributed by atoms with E-state index in [-0.39, 0.29) is 0 Å². The molecule has 11 heavy (non-hydrogen) atoms. The molecular weight excluding hydrogens is 144 g/mol. The van der Waals surface area contributed by atoms with Crippen molar-refractivity contribution in [2.24, 2.45) is 0 Å². The van der Waals surface area contributed by atoms with Crippen LogP contribution < -0.4 is 0 Å². The third-order valence-electron chi connectivity index (χ3n) is 2.74. The van der Waals surface area contributed by atoms with E-state index in [2.05, 4.69) is 9.80 Å². The lowest BCUT2D eigenvalue weighted by Gasteiger charge is -2.29. The second kappa shape index (κ2) is 1.95. The minimum Gasteiger partial charge on any atom is -0.323 e. The summed E-state index contributed by atoms with van der Waals surface area (Å²) in [5.41, 5.74) is 0. The number of ether oxygens (including phenoxy) is 2. The SMILES string of the molecule is C1CN2CCN3CCOC23O1. The van der Waals surface area contributed by atoms with Crippen LogP contribution in [0.3, 0.4) is 0 Å². The summed E-state index contributed by atoms with van der Waals surface area (Å²) < 4.78 is 11.2. The van der Waals surface area contributed by atoms with Gasteiger partial charge in [-0.15, -0.1) is 0 Å². The van der Waals surface area contributed by atoms with Crippen LogP contribution in [0.25, 0.3) is 0 Å². The molecule has 0 radical (unpaired) electrons. The summed E-state index contributed by atoms with van der Waals surface area (Å²) in [5.74, 6) is 0. The molecule has 0 aromatic heterocycles. The maximum Gasteiger partial charge on any atom is 0.297 e. The molecule has 3 saturated heterocycles. The lowest BCUT2D eigenvalue weighted by Crippen LogP contribution is -2.47. The molecule has 0 N–H and O–H groups in total. The highest BCUT2D eigenvalue weighted by atomic mass is 16.8. The Balaban J connectivity index is 1.97. The van der Waals surface area contributed by atoms with Gasteiger partial charge in [0.25, 0.3) is 6.03 Å². The molecule has 3 aliphatic heterocycles. The van der Waals surface area contributed by atoms with E-state index in [1.165, 1.54) is 0 Å². The molecule has 62 valence electrons. The standard InChI is InChI=1S/C7H12N2O2/c1-2-9-4-6-11-7(9)8(1)3-5-10-7/h1-6H2. The number of hydrogen-bond acceptors (Lipinski definition) is 4. The maximum atomic E-state index is 5.62. The minimum atomic E-state index is -0.417. The van der Waals surface area contributed by atoms with Gasteiger partial charge in [0.05, 0.1) is 13.2 Å². The lowest BCUT2D eigenvalue weighted by molar-refractivity contribution is -0.288. The van der Waals surface area contributed by atoms with Crippen LogP contribution in [0.15, 0.2) is 0 Å². The van der Waals surface area contributed by atoms with Gasteiger partial charge >= 0.3 is 0 Å². The van der Waals surface area contributed by atoms with E-state index in [4.69, 9.17) is 9.47 Å². The summed E-state index contributed by atoms with van der Waals surface area (Å²) in [6, 6.07) is -0.417. The summed E-state index contributed by atoms with van der Waals surface area (Å²) in [7, 11) is 0. The minimum absolute atomic E-state index is 0.417. The predicted molar refractivity (Wildman–Crippen MR) is 37.8 cm³/mol. The van der Waals surface area contributed by atoms with Gasteiger partial charge in [0, 0.05) is 26.2 Å². The van der Waals surface area contributed by atoms with Crippen LogP contribution in [0, 0.1) is 0 Å². The van der Waals surface area contributed by atoms with E-state index in [0.717, 1.165) is 39.4 Å². The van der Waals surface area contributed by atoms with Crippen LogP contribution in [0.2, 0.25) is 0 Å². The largest absolute Gasteiger partial charge is 0.323 e. The molecule has 0 aromatic rings. The van der Waals surface area contributed by atoms with Gasteiger partial charge in [-0.2, -0.15) is 0 Å². The monoisotopic (exact) mass is 156 g/mol. The van der Waals surface area contributed by atoms with E-state index < -0.39 is 6.03 Å². The van der Waals surface area contributed by atoms with Crippen molar-refractivity contribution in [3.63, 3.8) is 0 Å². The molecule has 0 atom stereocenters. The molecule has 3 fully saturated rings. The third kappa shape index (κ3) is 0.636. The fraction of sp³-hybridized carbons (Fsp3) is 1.00. The Labute approximate surface area is 65.7 Å². The molecule has 0 saturated carbocycles. The molecular formula is C7H12N2O2. The first-order valence-electron chi connectivity index (χ1n) is 4.20. The molecule has 0 bridgehead atoms. The predicted octanol–water partition coefficient (Wildman–Crippen LogP) is -0.724. The van der Waals surface area contributed by atoms with Crippen molar-refractivity contribution in [2.45, 2.75) is 6.03 Å². The summed E-state index contributed by atoms with van der Waals surface area (Å²) in [5, 5.41) is 0. The van der Waals surface area contributed by atoms with Crippen molar-refractivity contribution in [3.05, 3.63) is 0 Å². The van der Waals surface area contributed by atoms with Gasteiger partial charge < -0.3 is 9.47 Å². The lowest BCUT2D eigenvalue weighted by atomic mass is 10.5. The van der Waals surface area contributed by atoms with E-state index >= 15 is 0 Å². The van der Waals surface area contributed by atoms with Gasteiger partial charge in [0.15, 0.2) is 0 Å². The van der Waals surface area contributed by atoms with Crippen molar-refractivity contribution in [1.82, 2.24) is 9.80 Å². The zero-order chi connectivity index (χ0) is 7.31. The van der Waals surface area contributed by atoms with Crippen LogP contribution in [0.1, 0.15) is 0 Å². The first-order chi connectivity index (χ1) is 5.42. The molecule has 0 amide bonds. The molecule has 4 heteroatoms. The highest BCUT2D eigenvalue weighted by Gasteiger charge is 2.56. The van der Waals surface area contributed by atoms with Crippen molar-refractivity contribution in [2.75, 3.05) is 39.4 Å². The van der Waals surface area contributed by atoms with Crippen molar-refractivity contribution < 1.29 is 9.47 Å². The summed E-state index contributed by atoms with van der Waals surface area (Å²) >= 11 is 0. The summed E-state index contributed by atoms with van der Waals surface area (Å²) in [6.07, 6.45) is 0. The van der Waals surface area contributed by atoms with Gasteiger partial charge in [-0.05, 0) is 0 Å². The van der Waals surface area contributed by atoms with Gasteiger partial charge in [-0.1, -0.05) is 0 Å². The molecule has 3 heterocycles. The second-order valence-electron chi connectivity index (χ2n) is 3.22. The average molecular weight is 156 g/mol. The highest BCUT2D eigenvalue weighted by molar-refractivity contribution is 4.89. The topological polar surface area (TPSA) is 24.9 Å². The Morgan fingerprint density at radius 1 is 0.818 bits per heavy atom. The fourth-order valence-corrected chi connectivity index (χ4v) is 2.21. The quantitative estimate of drug-likeness (QED) is 0.462. The van der Waals surface area contributed by atoms with E-state index in [9.17, 15) is 0 Å². The second-order valence-corrected chi connectivity index (χ2v) is 3.22. The molecule has 1 spiro atoms. The molecule has 0 aliphatic carbocycles. The number of hydrogen-bond donors (Lipinski definition) is 0. The van der Waals surface area contributed by atoms with Crippen molar-refractivity contribution in [1.29, 1.82) is 0 Å². The first-order valence-corrected chi connectivity index (χ1v) is 4.20. The molecule has 3 rings (SSSR count). The van der Waals surface area contributed by atoms with Crippen molar-refractivity contribution >= 4 is 0 Å². The van der Waals surface area contributed by atoms with Crippen LogP contribution in [0.4, 0.5) is 0 Å². The smallest absolute Gasteiger partial charge is 0.297 e. The summed E-state index contributed by atoms with van der Waals surface area (Å²) in [6.45, 7) is 5.88. The van der Waals surface area contributed by atoms with Crippen molar-refractivity contribution in [3.8, 4) is 0 Å². The van der Waals surface area contributed by atoms with Gasteiger partial charge in [-0.25, -0.2) is 9.80 Å². The van der Waals surface area contributed by atoms with Crippen LogP contribution in [-0.4, -0.2) is 55.2 Å². The Kier molecular flexibility index (Phi) is 1.13. The van der Waals surface area contributed by atoms with Crippen LogP contribution in [-0.2, 0) is 9.47 Å². The van der Waals surface area contributed by atoms with Gasteiger partial charge in [-0.3, -0.25) is 0 Å². The third-order valence-corrected chi connectivity index (χ3v) is 2.74. The maximum absolute atomic E-state index is 5.62. The zero-order valence-corrected chi connectivity index (χ0v) is 6.45. The first kappa shape index (κ1) is 6.37. The summed E-state index contributed by atoms with van der Waals surface area (Å²) in [4.78, 5) is 4.56. The van der Waals surface area contributed by atoms with E-state index in [0.29, 0.717) is 0 Å². The Bertz CT molecular complexity index is 165. The average Bonchev–Trinajstić information content (AvgIpc) is 2.55. The van der Waals surface area contributed by atoms with Crippen LogP contribution >= 0.6 is 0 Å². The molecule has 0 unspecified atom stereocenters. The highest BCUT2D eigenvalue weighted by Crippen LogP contribution is 2.36. The number of rotatable bonds is 0. The Morgan fingerprint density at radius 3 is 1.91 bits per heavy atom. The normalized spacial score (nSPS) is 36.0. The Hall–Kier alpha value is -0.160. The van der Waals surface area contributed by atoms with E-state index in [1.807, 2.05) is 0 Å². The molecule has 3 aliphatic rings. The van der Waals surface area contributed by atoms with Crippen LogP contribution in [0.5, 0.6) is 0 Å². The molecule has 4 nitrogen and oxygen atoms in total. The zero-order valence-electron chi connectivity index (χ0n) is 6.45. The van der Waals surface area contributed by atoms with E-state index in [1.54, 1.807) is 0 Å². The van der Waals surface area contributed by atoms with Gasteiger partial charge in [0.1, 0.15) is 0 Å².